The van der Waals surface area contributed by atoms with Gasteiger partial charge >= 0.3 is 6.09 Å². The molecule has 0 rings (SSSR count). The van der Waals surface area contributed by atoms with Gasteiger partial charge in [0.05, 0.1) is 0 Å². The molecule has 0 aliphatic heterocycles. The Balaban J connectivity index is 3.42. The molecule has 0 aromatic heterocycles. The van der Waals surface area contributed by atoms with Crippen LogP contribution in [-0.2, 0) is 4.74 Å². The second-order valence-electron chi connectivity index (χ2n) is 5.21. The lowest BCUT2D eigenvalue weighted by Crippen LogP contribution is -2.33. The maximum Gasteiger partial charge on any atom is 0.407 e. The first-order chi connectivity index (χ1) is 7.35. The van der Waals surface area contributed by atoms with E-state index in [2.05, 4.69) is 5.32 Å². The highest BCUT2D eigenvalue weighted by molar-refractivity contribution is 5.67. The SMILES string of the molecule is C[C@H](CO)CCCCNC(=O)OC(C)(C)C. The fourth-order valence-corrected chi connectivity index (χ4v) is 1.21. The third-order valence-corrected chi connectivity index (χ3v) is 2.10. The number of rotatable bonds is 6. The quantitative estimate of drug-likeness (QED) is 0.690. The van der Waals surface area contributed by atoms with Crippen molar-refractivity contribution in [3.8, 4) is 0 Å². The maximum atomic E-state index is 11.2. The summed E-state index contributed by atoms with van der Waals surface area (Å²) in [5, 5.41) is 11.5. The summed E-state index contributed by atoms with van der Waals surface area (Å²) >= 11 is 0. The lowest BCUT2D eigenvalue weighted by molar-refractivity contribution is 0.0526. The maximum absolute atomic E-state index is 11.2. The molecule has 0 saturated heterocycles. The van der Waals surface area contributed by atoms with Crippen LogP contribution >= 0.6 is 0 Å². The second-order valence-corrected chi connectivity index (χ2v) is 5.21. The molecular weight excluding hydrogens is 206 g/mol. The van der Waals surface area contributed by atoms with Gasteiger partial charge in [0.2, 0.25) is 0 Å². The van der Waals surface area contributed by atoms with Crippen LogP contribution in [0.3, 0.4) is 0 Å². The van der Waals surface area contributed by atoms with Gasteiger partial charge in [0.25, 0.3) is 0 Å². The molecule has 0 heterocycles. The molecule has 1 amide bonds. The Morgan fingerprint density at radius 3 is 2.50 bits per heavy atom. The zero-order valence-electron chi connectivity index (χ0n) is 10.9. The van der Waals surface area contributed by atoms with Gasteiger partial charge in [-0.2, -0.15) is 0 Å². The number of aliphatic hydroxyl groups is 1. The van der Waals surface area contributed by atoms with Crippen molar-refractivity contribution in [3.05, 3.63) is 0 Å². The summed E-state index contributed by atoms with van der Waals surface area (Å²) in [6.07, 6.45) is 2.57. The number of hydrogen-bond donors (Lipinski definition) is 2. The number of unbranched alkanes of at least 4 members (excludes halogenated alkanes) is 1. The van der Waals surface area contributed by atoms with Crippen molar-refractivity contribution in [1.82, 2.24) is 5.32 Å². The van der Waals surface area contributed by atoms with Crippen molar-refractivity contribution < 1.29 is 14.6 Å². The van der Waals surface area contributed by atoms with E-state index in [1.54, 1.807) is 0 Å². The number of carbonyl (C=O) groups is 1. The van der Waals surface area contributed by atoms with Gasteiger partial charge in [0, 0.05) is 13.2 Å². The summed E-state index contributed by atoms with van der Waals surface area (Å²) < 4.78 is 5.10. The van der Waals surface area contributed by atoms with Crippen LogP contribution in [0.25, 0.3) is 0 Å². The Morgan fingerprint density at radius 2 is 2.00 bits per heavy atom. The van der Waals surface area contributed by atoms with Crippen LogP contribution in [0.2, 0.25) is 0 Å². The van der Waals surface area contributed by atoms with Crippen molar-refractivity contribution in [2.24, 2.45) is 5.92 Å². The van der Waals surface area contributed by atoms with E-state index >= 15 is 0 Å². The summed E-state index contributed by atoms with van der Waals surface area (Å²) in [4.78, 5) is 11.2. The van der Waals surface area contributed by atoms with E-state index in [1.807, 2.05) is 27.7 Å². The molecule has 0 unspecified atom stereocenters. The number of alkyl carbamates (subject to hydrolysis) is 1. The summed E-state index contributed by atoms with van der Waals surface area (Å²) in [7, 11) is 0. The molecule has 0 saturated carbocycles. The molecule has 0 aliphatic carbocycles. The first-order valence-corrected chi connectivity index (χ1v) is 5.93. The number of carbonyl (C=O) groups excluding carboxylic acids is 1. The number of ether oxygens (including phenoxy) is 1. The molecule has 0 aromatic carbocycles. The number of nitrogens with one attached hydrogen (secondary N) is 1. The van der Waals surface area contributed by atoms with Crippen LogP contribution in [0.1, 0.15) is 47.0 Å². The molecule has 0 aromatic rings. The van der Waals surface area contributed by atoms with Crippen molar-refractivity contribution in [2.45, 2.75) is 52.6 Å². The van der Waals surface area contributed by atoms with Crippen molar-refractivity contribution >= 4 is 6.09 Å². The Kier molecular flexibility index (Phi) is 7.13. The molecule has 16 heavy (non-hydrogen) atoms. The molecule has 4 nitrogen and oxygen atoms in total. The Hall–Kier alpha value is -0.770. The molecule has 0 radical (unpaired) electrons. The Bertz CT molecular complexity index is 199. The fourth-order valence-electron chi connectivity index (χ4n) is 1.21. The third kappa shape index (κ3) is 9.77. The minimum atomic E-state index is -0.435. The van der Waals surface area contributed by atoms with Gasteiger partial charge in [-0.15, -0.1) is 0 Å². The lowest BCUT2D eigenvalue weighted by Gasteiger charge is -2.19. The topological polar surface area (TPSA) is 58.6 Å². The predicted octanol–water partition coefficient (Wildman–Crippen LogP) is 2.31. The van der Waals surface area contributed by atoms with Crippen LogP contribution in [0.5, 0.6) is 0 Å². The van der Waals surface area contributed by atoms with E-state index in [1.165, 1.54) is 0 Å². The van der Waals surface area contributed by atoms with Crippen molar-refractivity contribution in [1.29, 1.82) is 0 Å². The Morgan fingerprint density at radius 1 is 1.38 bits per heavy atom. The minimum absolute atomic E-state index is 0.236. The molecular formula is C12H25NO3. The highest BCUT2D eigenvalue weighted by Crippen LogP contribution is 2.07. The monoisotopic (exact) mass is 231 g/mol. The average Bonchev–Trinajstić information content (AvgIpc) is 2.14. The summed E-state index contributed by atoms with van der Waals surface area (Å²) in [6.45, 7) is 8.41. The normalized spacial score (nSPS) is 13.3. The van der Waals surface area contributed by atoms with Gasteiger partial charge in [0.15, 0.2) is 0 Å². The van der Waals surface area contributed by atoms with E-state index in [0.717, 1.165) is 19.3 Å². The first kappa shape index (κ1) is 15.2. The number of hydrogen-bond acceptors (Lipinski definition) is 3. The van der Waals surface area contributed by atoms with Crippen LogP contribution in [-0.4, -0.2) is 30.0 Å². The van der Waals surface area contributed by atoms with Crippen LogP contribution in [0.15, 0.2) is 0 Å². The van der Waals surface area contributed by atoms with Gasteiger partial charge in [0.1, 0.15) is 5.60 Å². The summed E-state index contributed by atoms with van der Waals surface area (Å²) in [5.41, 5.74) is -0.435. The highest BCUT2D eigenvalue weighted by atomic mass is 16.6. The van der Waals surface area contributed by atoms with Crippen molar-refractivity contribution in [2.75, 3.05) is 13.2 Å². The zero-order chi connectivity index (χ0) is 12.6. The molecule has 1 atom stereocenters. The van der Waals surface area contributed by atoms with E-state index in [-0.39, 0.29) is 12.7 Å². The molecule has 0 aliphatic rings. The largest absolute Gasteiger partial charge is 0.444 e. The summed E-state index contributed by atoms with van der Waals surface area (Å²) in [6, 6.07) is 0. The van der Waals surface area contributed by atoms with Gasteiger partial charge < -0.3 is 15.2 Å². The molecule has 96 valence electrons. The van der Waals surface area contributed by atoms with Gasteiger partial charge in [-0.25, -0.2) is 4.79 Å². The summed E-state index contributed by atoms with van der Waals surface area (Å²) in [5.74, 6) is 0.349. The molecule has 0 spiro atoms. The average molecular weight is 231 g/mol. The second kappa shape index (κ2) is 7.49. The molecule has 0 fully saturated rings. The zero-order valence-corrected chi connectivity index (χ0v) is 10.9. The van der Waals surface area contributed by atoms with Crippen molar-refractivity contribution in [3.63, 3.8) is 0 Å². The minimum Gasteiger partial charge on any atom is -0.444 e. The Labute approximate surface area is 98.4 Å². The molecule has 4 heteroatoms. The smallest absolute Gasteiger partial charge is 0.407 e. The van der Waals surface area contributed by atoms with Crippen LogP contribution in [0.4, 0.5) is 4.79 Å². The van der Waals surface area contributed by atoms with Gasteiger partial charge in [-0.05, 0) is 39.5 Å². The van der Waals surface area contributed by atoms with Crippen LogP contribution < -0.4 is 5.32 Å². The lowest BCUT2D eigenvalue weighted by atomic mass is 10.1. The number of amides is 1. The number of aliphatic hydroxyl groups excluding tert-OH is 1. The van der Waals surface area contributed by atoms with Crippen LogP contribution in [0, 0.1) is 5.92 Å². The standard InChI is InChI=1S/C12H25NO3/c1-10(9-14)7-5-6-8-13-11(15)16-12(2,3)4/h10,14H,5-9H2,1-4H3,(H,13,15)/t10-/m0/s1. The third-order valence-electron chi connectivity index (χ3n) is 2.10. The fraction of sp³-hybridized carbons (Fsp3) is 0.917. The van der Waals surface area contributed by atoms with Gasteiger partial charge in [-0.1, -0.05) is 13.3 Å². The van der Waals surface area contributed by atoms with E-state index in [0.29, 0.717) is 12.5 Å². The van der Waals surface area contributed by atoms with E-state index < -0.39 is 5.60 Å². The highest BCUT2D eigenvalue weighted by Gasteiger charge is 2.15. The van der Waals surface area contributed by atoms with Gasteiger partial charge in [-0.3, -0.25) is 0 Å². The van der Waals surface area contributed by atoms with E-state index in [9.17, 15) is 4.79 Å². The molecule has 2 N–H and O–H groups in total. The predicted molar refractivity (Wildman–Crippen MR) is 64.3 cm³/mol. The molecule has 0 bridgehead atoms. The first-order valence-electron chi connectivity index (χ1n) is 5.93. The van der Waals surface area contributed by atoms with E-state index in [4.69, 9.17) is 9.84 Å².